The third-order valence-electron chi connectivity index (χ3n) is 8.80. The van der Waals surface area contributed by atoms with E-state index in [0.29, 0.717) is 12.2 Å². The lowest BCUT2D eigenvalue weighted by molar-refractivity contribution is 0.0611. The lowest BCUT2D eigenvalue weighted by Crippen LogP contribution is -2.47. The summed E-state index contributed by atoms with van der Waals surface area (Å²) in [6, 6.07) is 24.7. The molecule has 6 rings (SSSR count). The van der Waals surface area contributed by atoms with Crippen molar-refractivity contribution in [1.82, 2.24) is 9.88 Å². The lowest BCUT2D eigenvalue weighted by Gasteiger charge is -2.37. The molecule has 0 spiro atoms. The highest BCUT2D eigenvalue weighted by Gasteiger charge is 2.29. The van der Waals surface area contributed by atoms with Crippen molar-refractivity contribution in [3.05, 3.63) is 94.8 Å². The number of hydrogen-bond donors (Lipinski definition) is 2. The molecule has 0 unspecified atom stereocenters. The highest BCUT2D eigenvalue weighted by Crippen LogP contribution is 2.34. The highest BCUT2D eigenvalue weighted by atomic mass is 32.1. The average Bonchev–Trinajstić information content (AvgIpc) is 3.63. The van der Waals surface area contributed by atoms with Gasteiger partial charge >= 0.3 is 6.09 Å². The Morgan fingerprint density at radius 3 is 2.42 bits per heavy atom. The summed E-state index contributed by atoms with van der Waals surface area (Å²) < 4.78 is 4.97. The monoisotopic (exact) mass is 624 g/mol. The zero-order valence-corrected chi connectivity index (χ0v) is 26.4. The van der Waals surface area contributed by atoms with E-state index in [1.54, 1.807) is 0 Å². The molecular weight excluding hydrogens is 584 g/mol. The van der Waals surface area contributed by atoms with Crippen LogP contribution >= 0.6 is 11.3 Å². The Labute approximate surface area is 268 Å². The number of nitrogens with zero attached hydrogens (tertiary/aromatic N) is 4. The van der Waals surface area contributed by atoms with E-state index in [4.69, 9.17) is 10.5 Å². The third-order valence-corrected chi connectivity index (χ3v) is 9.66. The first kappa shape index (κ1) is 30.6. The summed E-state index contributed by atoms with van der Waals surface area (Å²) >= 11 is 1.48. The van der Waals surface area contributed by atoms with Crippen molar-refractivity contribution in [3.8, 4) is 11.1 Å². The number of aromatic nitrogens is 1. The second-order valence-corrected chi connectivity index (χ2v) is 12.6. The first-order valence-electron chi connectivity index (χ1n) is 15.6. The molecule has 3 heterocycles. The van der Waals surface area contributed by atoms with Crippen LogP contribution in [0.25, 0.3) is 11.1 Å². The molecule has 0 bridgehead atoms. The zero-order valence-electron chi connectivity index (χ0n) is 25.6. The molecule has 3 N–H and O–H groups in total. The van der Waals surface area contributed by atoms with Crippen LogP contribution in [-0.4, -0.2) is 67.3 Å². The lowest BCUT2D eigenvalue weighted by atomic mass is 9.90. The molecule has 2 aromatic heterocycles. The number of ether oxygens (including phenoxy) is 1. The molecule has 1 aliphatic carbocycles. The quantitative estimate of drug-likeness (QED) is 0.240. The smallest absolute Gasteiger partial charge is 0.411 e. The van der Waals surface area contributed by atoms with Crippen LogP contribution in [0, 0.1) is 0 Å². The number of pyridine rings is 1. The molecule has 2 aliphatic rings. The summed E-state index contributed by atoms with van der Waals surface area (Å²) in [5.74, 6) is 1.05. The largest absolute Gasteiger partial charge is 0.453 e. The van der Waals surface area contributed by atoms with Gasteiger partial charge in [-0.25, -0.2) is 9.78 Å². The molecule has 9 nitrogen and oxygen atoms in total. The minimum Gasteiger partial charge on any atom is -0.453 e. The van der Waals surface area contributed by atoms with E-state index >= 15 is 0 Å². The van der Waals surface area contributed by atoms with Crippen molar-refractivity contribution in [1.29, 1.82) is 0 Å². The van der Waals surface area contributed by atoms with E-state index in [1.807, 2.05) is 58.9 Å². The van der Waals surface area contributed by atoms with Crippen molar-refractivity contribution in [2.75, 3.05) is 48.4 Å². The molecule has 1 aliphatic heterocycles. The molecule has 1 saturated carbocycles. The minimum absolute atomic E-state index is 0.0768. The number of carbonyl (C=O) groups is 2. The molecule has 0 atom stereocenters. The summed E-state index contributed by atoms with van der Waals surface area (Å²) in [4.78, 5) is 37.9. The number of amides is 2. The molecule has 0 radical (unpaired) electrons. The standard InChI is InChI=1S/C35H40N6O3S/c1-44-35(43)38-30-23-27(10-15-31(30)39-17-19-40(20-18-39)33-9-2-3-16-37-33)26-7-4-6-25(22-26)24-41(29-13-11-28(36)12-14-29)34(42)32-8-5-21-45-32/h2-10,15-16,21-23,28-29H,11-14,17-20,24,36H2,1H3,(H,38,43). The van der Waals surface area contributed by atoms with E-state index in [9.17, 15) is 9.59 Å². The Bertz CT molecular complexity index is 1580. The van der Waals surface area contributed by atoms with Crippen LogP contribution in [0.1, 0.15) is 40.9 Å². The Morgan fingerprint density at radius 2 is 1.71 bits per heavy atom. The van der Waals surface area contributed by atoms with Gasteiger partial charge < -0.3 is 25.2 Å². The first-order valence-corrected chi connectivity index (χ1v) is 16.5. The van der Waals surface area contributed by atoms with Gasteiger partial charge in [0.15, 0.2) is 0 Å². The van der Waals surface area contributed by atoms with Crippen molar-refractivity contribution < 1.29 is 14.3 Å². The summed E-state index contributed by atoms with van der Waals surface area (Å²) in [5.41, 5.74) is 10.9. The predicted octanol–water partition coefficient (Wildman–Crippen LogP) is 6.23. The normalized spacial score (nSPS) is 18.4. The van der Waals surface area contributed by atoms with Crippen LogP contribution in [0.2, 0.25) is 0 Å². The van der Waals surface area contributed by atoms with Crippen LogP contribution in [0.3, 0.4) is 0 Å². The van der Waals surface area contributed by atoms with Gasteiger partial charge in [-0.3, -0.25) is 10.1 Å². The average molecular weight is 625 g/mol. The maximum atomic E-state index is 13.7. The molecular formula is C35H40N6O3S. The Morgan fingerprint density at radius 1 is 0.933 bits per heavy atom. The number of hydrogen-bond acceptors (Lipinski definition) is 8. The van der Waals surface area contributed by atoms with Gasteiger partial charge in [0.1, 0.15) is 5.82 Å². The van der Waals surface area contributed by atoms with Gasteiger partial charge in [0.25, 0.3) is 5.91 Å². The highest BCUT2D eigenvalue weighted by molar-refractivity contribution is 7.12. The van der Waals surface area contributed by atoms with Gasteiger partial charge in [0, 0.05) is 51.0 Å². The summed E-state index contributed by atoms with van der Waals surface area (Å²) in [5, 5.41) is 4.89. The summed E-state index contributed by atoms with van der Waals surface area (Å²) in [7, 11) is 1.37. The molecule has 10 heteroatoms. The van der Waals surface area contributed by atoms with Gasteiger partial charge in [0.2, 0.25) is 0 Å². The number of methoxy groups -OCH3 is 1. The fourth-order valence-electron chi connectivity index (χ4n) is 6.34. The van der Waals surface area contributed by atoms with E-state index in [1.165, 1.54) is 18.4 Å². The number of nitrogens with two attached hydrogens (primary N) is 1. The van der Waals surface area contributed by atoms with E-state index in [0.717, 1.165) is 84.9 Å². The first-order chi connectivity index (χ1) is 22.0. The van der Waals surface area contributed by atoms with Gasteiger partial charge in [-0.2, -0.15) is 0 Å². The van der Waals surface area contributed by atoms with Crippen LogP contribution in [0.15, 0.2) is 84.4 Å². The number of rotatable bonds is 8. The van der Waals surface area contributed by atoms with Crippen LogP contribution in [0.5, 0.6) is 0 Å². The van der Waals surface area contributed by atoms with Gasteiger partial charge in [-0.15, -0.1) is 11.3 Å². The Hall–Kier alpha value is -4.41. The van der Waals surface area contributed by atoms with Gasteiger partial charge in [0.05, 0.1) is 23.4 Å². The van der Waals surface area contributed by atoms with Crippen LogP contribution in [-0.2, 0) is 11.3 Å². The molecule has 45 heavy (non-hydrogen) atoms. The molecule has 2 aromatic carbocycles. The molecule has 4 aromatic rings. The second kappa shape index (κ2) is 14.1. The van der Waals surface area contributed by atoms with Crippen LogP contribution in [0.4, 0.5) is 22.0 Å². The van der Waals surface area contributed by atoms with Crippen molar-refractivity contribution in [2.45, 2.75) is 44.3 Å². The molecule has 2 fully saturated rings. The van der Waals surface area contributed by atoms with Crippen molar-refractivity contribution >= 4 is 40.5 Å². The number of nitrogens with one attached hydrogen (secondary N) is 1. The second-order valence-electron chi connectivity index (χ2n) is 11.7. The number of benzene rings is 2. The number of thiophene rings is 1. The zero-order chi connectivity index (χ0) is 31.2. The van der Waals surface area contributed by atoms with Crippen molar-refractivity contribution in [3.63, 3.8) is 0 Å². The molecule has 1 saturated heterocycles. The number of carbonyl (C=O) groups excluding carboxylic acids is 2. The maximum absolute atomic E-state index is 13.7. The summed E-state index contributed by atoms with van der Waals surface area (Å²) in [6.07, 6.45) is 5.00. The fourth-order valence-corrected chi connectivity index (χ4v) is 7.02. The maximum Gasteiger partial charge on any atom is 0.411 e. The summed E-state index contributed by atoms with van der Waals surface area (Å²) in [6.45, 7) is 3.76. The predicted molar refractivity (Wildman–Crippen MR) is 181 cm³/mol. The molecule has 2 amide bonds. The van der Waals surface area contributed by atoms with Crippen molar-refractivity contribution in [2.24, 2.45) is 5.73 Å². The van der Waals surface area contributed by atoms with E-state index in [-0.39, 0.29) is 18.0 Å². The third kappa shape index (κ3) is 7.29. The van der Waals surface area contributed by atoms with E-state index < -0.39 is 6.09 Å². The fraction of sp³-hybridized carbons (Fsp3) is 0.343. The Balaban J connectivity index is 1.23. The van der Waals surface area contributed by atoms with E-state index in [2.05, 4.69) is 50.4 Å². The Kier molecular flexibility index (Phi) is 9.61. The number of piperazine rings is 1. The van der Waals surface area contributed by atoms with Gasteiger partial charge in [-0.1, -0.05) is 36.4 Å². The molecule has 234 valence electrons. The number of anilines is 3. The minimum atomic E-state index is -0.510. The SMILES string of the molecule is COC(=O)Nc1cc(-c2cccc(CN(C(=O)c3cccs3)C3CCC(N)CC3)c2)ccc1N1CCN(c2ccccn2)CC1. The van der Waals surface area contributed by atoms with Crippen LogP contribution < -0.4 is 20.9 Å². The van der Waals surface area contributed by atoms with Gasteiger partial charge in [-0.05, 0) is 84.2 Å². The topological polar surface area (TPSA) is 104 Å².